The molecule has 3 rings (SSSR count). The van der Waals surface area contributed by atoms with Crippen molar-refractivity contribution in [1.82, 2.24) is 0 Å². The van der Waals surface area contributed by atoms with E-state index in [1.807, 2.05) is 60.7 Å². The van der Waals surface area contributed by atoms with E-state index in [1.54, 1.807) is 20.8 Å². The van der Waals surface area contributed by atoms with Gasteiger partial charge in [-0.2, -0.15) is 0 Å². The molecule has 0 amide bonds. The van der Waals surface area contributed by atoms with E-state index < -0.39 is 40.8 Å². The maximum atomic E-state index is 13.6. The highest BCUT2D eigenvalue weighted by atomic mass is 19.1. The quantitative estimate of drug-likeness (QED) is 0.193. The average Bonchev–Trinajstić information content (AvgIpc) is 2.79. The minimum absolute atomic E-state index is 0.429. The van der Waals surface area contributed by atoms with Gasteiger partial charge >= 0.3 is 5.97 Å². The second kappa shape index (κ2) is 10.8. The fraction of sp³-hybridized carbons (Fsp3) is 0.259. The van der Waals surface area contributed by atoms with Crippen LogP contribution in [0.25, 0.3) is 0 Å². The van der Waals surface area contributed by atoms with E-state index in [4.69, 9.17) is 9.73 Å². The fourth-order valence-electron chi connectivity index (χ4n) is 3.57. The van der Waals surface area contributed by atoms with E-state index in [0.29, 0.717) is 11.3 Å². The fourth-order valence-corrected chi connectivity index (χ4v) is 3.57. The van der Waals surface area contributed by atoms with Gasteiger partial charge in [0.1, 0.15) is 11.4 Å². The summed E-state index contributed by atoms with van der Waals surface area (Å²) in [4.78, 5) is 29.3. The zero-order valence-electron chi connectivity index (χ0n) is 19.4. The molecule has 3 aromatic rings. The molecule has 0 aromatic heterocycles. The normalized spacial score (nSPS) is 12.9. The zero-order valence-corrected chi connectivity index (χ0v) is 19.4. The third-order valence-electron chi connectivity index (χ3n) is 5.04. The van der Waals surface area contributed by atoms with E-state index >= 15 is 0 Å². The number of carbonyl (C=O) groups is 1. The monoisotopic (exact) mass is 462 g/mol. The van der Waals surface area contributed by atoms with Gasteiger partial charge < -0.3 is 4.74 Å². The molecule has 0 aliphatic rings. The Morgan fingerprint density at radius 2 is 1.44 bits per heavy atom. The maximum Gasteiger partial charge on any atom is 0.332 e. The van der Waals surface area contributed by atoms with Gasteiger partial charge in [0.15, 0.2) is 6.04 Å². The number of aliphatic imine (C=N–C) groups is 1. The second-order valence-electron chi connectivity index (χ2n) is 8.86. The van der Waals surface area contributed by atoms with E-state index in [0.717, 1.165) is 11.1 Å². The van der Waals surface area contributed by atoms with Crippen LogP contribution >= 0.6 is 0 Å². The van der Waals surface area contributed by atoms with Gasteiger partial charge in [-0.05, 0) is 38.5 Å². The molecule has 0 saturated heterocycles. The van der Waals surface area contributed by atoms with Crippen LogP contribution in [-0.4, -0.2) is 34.8 Å². The Balaban J connectivity index is 2.21. The molecular weight excluding hydrogens is 435 g/mol. The lowest BCUT2D eigenvalue weighted by Crippen LogP contribution is -2.37. The van der Waals surface area contributed by atoms with Crippen molar-refractivity contribution in [3.8, 4) is 0 Å². The molecule has 2 atom stereocenters. The Morgan fingerprint density at radius 3 is 1.88 bits per heavy atom. The topological polar surface area (TPSA) is 81.8 Å². The second-order valence-corrected chi connectivity index (χ2v) is 8.86. The molecular formula is C27H27FN2O4. The molecule has 0 aliphatic carbocycles. The first-order valence-corrected chi connectivity index (χ1v) is 10.9. The summed E-state index contributed by atoms with van der Waals surface area (Å²) in [5, 5.41) is 11.6. The van der Waals surface area contributed by atoms with E-state index in [9.17, 15) is 19.3 Å². The van der Waals surface area contributed by atoms with Crippen molar-refractivity contribution in [3.05, 3.63) is 118 Å². The van der Waals surface area contributed by atoms with Crippen molar-refractivity contribution < 1.29 is 18.8 Å². The van der Waals surface area contributed by atoms with Crippen molar-refractivity contribution in [2.75, 3.05) is 6.54 Å². The summed E-state index contributed by atoms with van der Waals surface area (Å²) in [5.74, 6) is -2.13. The van der Waals surface area contributed by atoms with Crippen molar-refractivity contribution in [3.63, 3.8) is 0 Å². The summed E-state index contributed by atoms with van der Waals surface area (Å²) in [5.41, 5.74) is 1.61. The summed E-state index contributed by atoms with van der Waals surface area (Å²) < 4.78 is 19.2. The number of benzene rings is 3. The van der Waals surface area contributed by atoms with Gasteiger partial charge in [-0.3, -0.25) is 15.1 Å². The van der Waals surface area contributed by atoms with Crippen LogP contribution in [0, 0.1) is 15.9 Å². The molecule has 34 heavy (non-hydrogen) atoms. The summed E-state index contributed by atoms with van der Waals surface area (Å²) in [7, 11) is 0. The number of rotatable bonds is 8. The van der Waals surface area contributed by atoms with Gasteiger partial charge in [-0.1, -0.05) is 72.8 Å². The lowest BCUT2D eigenvalue weighted by molar-refractivity contribution is -0.483. The number of nitrogens with zero attached hydrogens (tertiary/aromatic N) is 2. The largest absolute Gasteiger partial charge is 0.458 e. The Labute approximate surface area is 198 Å². The Bertz CT molecular complexity index is 1100. The van der Waals surface area contributed by atoms with Crippen LogP contribution in [0.1, 0.15) is 43.4 Å². The van der Waals surface area contributed by atoms with Gasteiger partial charge in [-0.15, -0.1) is 0 Å². The van der Waals surface area contributed by atoms with Gasteiger partial charge in [0.2, 0.25) is 6.54 Å². The number of hydrogen-bond donors (Lipinski definition) is 0. The van der Waals surface area contributed by atoms with Crippen LogP contribution in [0.5, 0.6) is 0 Å². The van der Waals surface area contributed by atoms with E-state index in [-0.39, 0.29) is 0 Å². The van der Waals surface area contributed by atoms with Gasteiger partial charge in [0, 0.05) is 16.1 Å². The number of carbonyl (C=O) groups excluding carboxylic acids is 1. The van der Waals surface area contributed by atoms with Crippen molar-refractivity contribution >= 4 is 11.7 Å². The molecule has 0 radical (unpaired) electrons. The van der Waals surface area contributed by atoms with Crippen LogP contribution in [0.15, 0.2) is 89.9 Å². The standard InChI is InChI=1S/C27H27FN2O4/c1-27(2,3)34-26(31)25(23(18-30(32)33)19-14-16-22(28)17-15-19)29-24(20-10-6-4-7-11-20)21-12-8-5-9-13-21/h4-17,23,25H,18H2,1-3H3/t23-,25+/m1/s1. The molecule has 6 nitrogen and oxygen atoms in total. The Hall–Kier alpha value is -3.87. The van der Waals surface area contributed by atoms with Crippen molar-refractivity contribution in [1.29, 1.82) is 0 Å². The van der Waals surface area contributed by atoms with Gasteiger partial charge in [-0.25, -0.2) is 9.18 Å². The zero-order chi connectivity index (χ0) is 24.7. The number of nitro groups is 1. The minimum atomic E-state index is -1.23. The number of hydrogen-bond acceptors (Lipinski definition) is 5. The molecule has 0 spiro atoms. The summed E-state index contributed by atoms with van der Waals surface area (Å²) in [6.45, 7) is 4.60. The molecule has 0 N–H and O–H groups in total. The molecule has 176 valence electrons. The first kappa shape index (κ1) is 24.8. The van der Waals surface area contributed by atoms with Crippen molar-refractivity contribution in [2.45, 2.75) is 38.3 Å². The van der Waals surface area contributed by atoms with Gasteiger partial charge in [0.05, 0.1) is 11.6 Å². The first-order chi connectivity index (χ1) is 16.1. The average molecular weight is 463 g/mol. The van der Waals surface area contributed by atoms with E-state index in [1.165, 1.54) is 24.3 Å². The first-order valence-electron chi connectivity index (χ1n) is 10.9. The van der Waals surface area contributed by atoms with Crippen molar-refractivity contribution in [2.24, 2.45) is 4.99 Å². The molecule has 0 unspecified atom stereocenters. The summed E-state index contributed by atoms with van der Waals surface area (Å²) >= 11 is 0. The molecule has 0 fully saturated rings. The Kier molecular flexibility index (Phi) is 7.89. The molecule has 0 heterocycles. The number of ether oxygens (including phenoxy) is 1. The maximum absolute atomic E-state index is 13.6. The third kappa shape index (κ3) is 6.81. The number of halogens is 1. The lowest BCUT2D eigenvalue weighted by Gasteiger charge is -2.26. The van der Waals surface area contributed by atoms with Gasteiger partial charge in [0.25, 0.3) is 0 Å². The van der Waals surface area contributed by atoms with E-state index in [2.05, 4.69) is 0 Å². The van der Waals surface area contributed by atoms with Crippen LogP contribution in [-0.2, 0) is 9.53 Å². The highest BCUT2D eigenvalue weighted by molar-refractivity contribution is 6.13. The molecule has 0 aliphatic heterocycles. The predicted octanol–water partition coefficient (Wildman–Crippen LogP) is 5.43. The highest BCUT2D eigenvalue weighted by Gasteiger charge is 2.37. The van der Waals surface area contributed by atoms with Crippen LogP contribution in [0.4, 0.5) is 4.39 Å². The van der Waals surface area contributed by atoms with Crippen LogP contribution < -0.4 is 0 Å². The lowest BCUT2D eigenvalue weighted by atomic mass is 9.90. The summed E-state index contributed by atoms with van der Waals surface area (Å²) in [6.07, 6.45) is 0. The smallest absolute Gasteiger partial charge is 0.332 e. The SMILES string of the molecule is CC(C)(C)OC(=O)[C@@H](N=C(c1ccccc1)c1ccccc1)[C@H](C[N+](=O)[O-])c1ccc(F)cc1. The molecule has 7 heteroatoms. The molecule has 0 bridgehead atoms. The van der Waals surface area contributed by atoms with Crippen LogP contribution in [0.2, 0.25) is 0 Å². The highest BCUT2D eigenvalue weighted by Crippen LogP contribution is 2.27. The number of esters is 1. The minimum Gasteiger partial charge on any atom is -0.458 e. The summed E-state index contributed by atoms with van der Waals surface area (Å²) in [6, 6.07) is 22.7. The predicted molar refractivity (Wildman–Crippen MR) is 129 cm³/mol. The van der Waals surface area contributed by atoms with Crippen LogP contribution in [0.3, 0.4) is 0 Å². The molecule has 0 saturated carbocycles. The Morgan fingerprint density at radius 1 is 0.941 bits per heavy atom. The third-order valence-corrected chi connectivity index (χ3v) is 5.04. The molecule has 3 aromatic carbocycles.